The summed E-state index contributed by atoms with van der Waals surface area (Å²) >= 11 is 1.69. The molecule has 7 heteroatoms. The molecule has 5 rings (SSSR count). The van der Waals surface area contributed by atoms with Crippen LogP contribution in [0.1, 0.15) is 11.1 Å². The molecule has 6 nitrogen and oxygen atoms in total. The van der Waals surface area contributed by atoms with Crippen molar-refractivity contribution in [3.05, 3.63) is 109 Å². The Balaban J connectivity index is 1.39. The summed E-state index contributed by atoms with van der Waals surface area (Å²) in [6, 6.07) is 24.7. The predicted octanol–water partition coefficient (Wildman–Crippen LogP) is 4.87. The molecular formula is C24H20N6S. The standard InChI is InChI=1S/C24H20N6S/c1-2-5-19(6-3-1)17-29-23(21-11-14-25-15-12-21)27-28-24(29)31-18-20-7-9-22(10-8-20)30-16-4-13-26-30/h1-16H,17-18H2. The van der Waals surface area contributed by atoms with Crippen molar-refractivity contribution < 1.29 is 0 Å². The van der Waals surface area contributed by atoms with Crippen LogP contribution in [0.15, 0.2) is 103 Å². The molecule has 5 aromatic rings. The van der Waals surface area contributed by atoms with E-state index in [1.807, 2.05) is 35.1 Å². The van der Waals surface area contributed by atoms with E-state index in [4.69, 9.17) is 0 Å². The summed E-state index contributed by atoms with van der Waals surface area (Å²) < 4.78 is 4.03. The van der Waals surface area contributed by atoms with Gasteiger partial charge in [0.2, 0.25) is 0 Å². The van der Waals surface area contributed by atoms with Gasteiger partial charge in [-0.25, -0.2) is 4.68 Å². The Morgan fingerprint density at radius 1 is 0.742 bits per heavy atom. The minimum absolute atomic E-state index is 0.714. The molecule has 0 atom stereocenters. The van der Waals surface area contributed by atoms with Gasteiger partial charge in [0, 0.05) is 36.1 Å². The van der Waals surface area contributed by atoms with Gasteiger partial charge in [0.15, 0.2) is 11.0 Å². The van der Waals surface area contributed by atoms with E-state index < -0.39 is 0 Å². The zero-order valence-corrected chi connectivity index (χ0v) is 17.6. The average Bonchev–Trinajstić information content (AvgIpc) is 3.50. The summed E-state index contributed by atoms with van der Waals surface area (Å²) in [5.41, 5.74) is 4.49. The Labute approximate surface area is 184 Å². The number of hydrogen-bond donors (Lipinski definition) is 0. The van der Waals surface area contributed by atoms with Crippen LogP contribution >= 0.6 is 11.8 Å². The van der Waals surface area contributed by atoms with Crippen molar-refractivity contribution >= 4 is 11.8 Å². The van der Waals surface area contributed by atoms with Crippen molar-refractivity contribution in [1.82, 2.24) is 29.5 Å². The topological polar surface area (TPSA) is 61.4 Å². The van der Waals surface area contributed by atoms with Gasteiger partial charge in [0.25, 0.3) is 0 Å². The van der Waals surface area contributed by atoms with Crippen LogP contribution in [0, 0.1) is 0 Å². The van der Waals surface area contributed by atoms with E-state index in [-0.39, 0.29) is 0 Å². The number of benzene rings is 2. The van der Waals surface area contributed by atoms with E-state index in [2.05, 4.69) is 73.4 Å². The fourth-order valence-electron chi connectivity index (χ4n) is 3.33. The highest BCUT2D eigenvalue weighted by molar-refractivity contribution is 7.98. The third-order valence-corrected chi connectivity index (χ3v) is 5.95. The van der Waals surface area contributed by atoms with E-state index in [0.29, 0.717) is 6.54 Å². The van der Waals surface area contributed by atoms with Gasteiger partial charge in [-0.15, -0.1) is 10.2 Å². The molecule has 0 aliphatic heterocycles. The molecule has 152 valence electrons. The SMILES string of the molecule is c1ccc(Cn2c(SCc3ccc(-n4cccn4)cc3)nnc2-c2ccncc2)cc1. The molecule has 3 heterocycles. The Morgan fingerprint density at radius 3 is 2.29 bits per heavy atom. The van der Waals surface area contributed by atoms with Crippen LogP contribution in [0.2, 0.25) is 0 Å². The second kappa shape index (κ2) is 8.97. The maximum atomic E-state index is 4.50. The minimum Gasteiger partial charge on any atom is -0.298 e. The first-order valence-corrected chi connectivity index (χ1v) is 10.9. The zero-order chi connectivity index (χ0) is 20.9. The lowest BCUT2D eigenvalue weighted by Gasteiger charge is -2.11. The first-order chi connectivity index (χ1) is 15.4. The number of thioether (sulfide) groups is 1. The van der Waals surface area contributed by atoms with Gasteiger partial charge in [-0.05, 0) is 41.5 Å². The summed E-state index contributed by atoms with van der Waals surface area (Å²) in [7, 11) is 0. The summed E-state index contributed by atoms with van der Waals surface area (Å²) in [5, 5.41) is 14.2. The van der Waals surface area contributed by atoms with Crippen LogP contribution in [0.25, 0.3) is 17.1 Å². The fraction of sp³-hybridized carbons (Fsp3) is 0.0833. The van der Waals surface area contributed by atoms with Gasteiger partial charge in [-0.1, -0.05) is 54.2 Å². The molecule has 0 unspecified atom stereocenters. The minimum atomic E-state index is 0.714. The largest absolute Gasteiger partial charge is 0.298 e. The predicted molar refractivity (Wildman–Crippen MR) is 122 cm³/mol. The summed E-state index contributed by atoms with van der Waals surface area (Å²) in [6.45, 7) is 0.714. The lowest BCUT2D eigenvalue weighted by molar-refractivity contribution is 0.714. The highest BCUT2D eigenvalue weighted by atomic mass is 32.2. The van der Waals surface area contributed by atoms with Crippen LogP contribution in [-0.4, -0.2) is 29.5 Å². The molecule has 0 aliphatic carbocycles. The molecule has 3 aromatic heterocycles. The highest BCUT2D eigenvalue weighted by Crippen LogP contribution is 2.27. The quantitative estimate of drug-likeness (QED) is 0.349. The van der Waals surface area contributed by atoms with E-state index in [9.17, 15) is 0 Å². The number of rotatable bonds is 7. The van der Waals surface area contributed by atoms with Gasteiger partial charge in [-0.2, -0.15) is 5.10 Å². The molecule has 31 heavy (non-hydrogen) atoms. The number of nitrogens with zero attached hydrogens (tertiary/aromatic N) is 6. The smallest absolute Gasteiger partial charge is 0.192 e. The first kappa shape index (κ1) is 19.3. The molecule has 2 aromatic carbocycles. The van der Waals surface area contributed by atoms with E-state index in [0.717, 1.165) is 28.0 Å². The van der Waals surface area contributed by atoms with Gasteiger partial charge < -0.3 is 0 Å². The van der Waals surface area contributed by atoms with Crippen LogP contribution in [0.3, 0.4) is 0 Å². The van der Waals surface area contributed by atoms with Crippen molar-refractivity contribution in [1.29, 1.82) is 0 Å². The molecule has 0 saturated heterocycles. The highest BCUT2D eigenvalue weighted by Gasteiger charge is 2.15. The van der Waals surface area contributed by atoms with E-state index >= 15 is 0 Å². The monoisotopic (exact) mass is 424 g/mol. The van der Waals surface area contributed by atoms with Gasteiger partial charge in [-0.3, -0.25) is 9.55 Å². The van der Waals surface area contributed by atoms with E-state index in [1.54, 1.807) is 30.4 Å². The second-order valence-electron chi connectivity index (χ2n) is 7.02. The second-order valence-corrected chi connectivity index (χ2v) is 7.96. The van der Waals surface area contributed by atoms with Crippen molar-refractivity contribution in [2.75, 3.05) is 0 Å². The molecule has 0 N–H and O–H groups in total. The van der Waals surface area contributed by atoms with Crippen LogP contribution in [0.4, 0.5) is 0 Å². The van der Waals surface area contributed by atoms with Gasteiger partial charge >= 0.3 is 0 Å². The van der Waals surface area contributed by atoms with Crippen LogP contribution in [-0.2, 0) is 12.3 Å². The van der Waals surface area contributed by atoms with Crippen molar-refractivity contribution in [3.8, 4) is 17.1 Å². The fourth-order valence-corrected chi connectivity index (χ4v) is 4.23. The van der Waals surface area contributed by atoms with Crippen LogP contribution in [0.5, 0.6) is 0 Å². The molecule has 0 radical (unpaired) electrons. The summed E-state index contributed by atoms with van der Waals surface area (Å²) in [5.74, 6) is 1.66. The third-order valence-electron chi connectivity index (χ3n) is 4.91. The molecule has 0 saturated carbocycles. The zero-order valence-electron chi connectivity index (χ0n) is 16.7. The summed E-state index contributed by atoms with van der Waals surface area (Å²) in [6.07, 6.45) is 7.29. The van der Waals surface area contributed by atoms with Gasteiger partial charge in [0.05, 0.1) is 12.2 Å². The molecular weight excluding hydrogens is 404 g/mol. The molecule has 0 bridgehead atoms. The Kier molecular flexibility index (Phi) is 5.58. The lowest BCUT2D eigenvalue weighted by atomic mass is 10.2. The molecule has 0 amide bonds. The summed E-state index contributed by atoms with van der Waals surface area (Å²) in [4.78, 5) is 4.12. The number of hydrogen-bond acceptors (Lipinski definition) is 5. The Hall–Kier alpha value is -3.71. The molecule has 0 aliphatic rings. The Morgan fingerprint density at radius 2 is 1.55 bits per heavy atom. The normalized spacial score (nSPS) is 11.0. The maximum Gasteiger partial charge on any atom is 0.192 e. The van der Waals surface area contributed by atoms with Crippen LogP contribution < -0.4 is 0 Å². The molecule has 0 spiro atoms. The number of pyridine rings is 1. The maximum absolute atomic E-state index is 4.50. The third kappa shape index (κ3) is 4.41. The molecule has 0 fully saturated rings. The number of aromatic nitrogens is 6. The average molecular weight is 425 g/mol. The van der Waals surface area contributed by atoms with Crippen molar-refractivity contribution in [2.24, 2.45) is 0 Å². The van der Waals surface area contributed by atoms with E-state index in [1.165, 1.54) is 11.1 Å². The first-order valence-electron chi connectivity index (χ1n) is 9.96. The van der Waals surface area contributed by atoms with Gasteiger partial charge in [0.1, 0.15) is 0 Å². The Bertz CT molecular complexity index is 1230. The lowest BCUT2D eigenvalue weighted by Crippen LogP contribution is -2.04. The van der Waals surface area contributed by atoms with Crippen molar-refractivity contribution in [3.63, 3.8) is 0 Å². The van der Waals surface area contributed by atoms with Crippen molar-refractivity contribution in [2.45, 2.75) is 17.5 Å².